The largest absolute Gasteiger partial charge is 0.303 e. The maximum Gasteiger partial charge on any atom is 0.159 e. The van der Waals surface area contributed by atoms with Crippen molar-refractivity contribution in [3.63, 3.8) is 0 Å². The molecule has 0 spiro atoms. The van der Waals surface area contributed by atoms with Gasteiger partial charge in [-0.05, 0) is 33.1 Å². The second-order valence-corrected chi connectivity index (χ2v) is 4.03. The highest BCUT2D eigenvalue weighted by molar-refractivity contribution is 5.97. The third kappa shape index (κ3) is 2.15. The van der Waals surface area contributed by atoms with Crippen LogP contribution in [-0.2, 0) is 9.59 Å². The molecular formula is C10H17NO2. The minimum Gasteiger partial charge on any atom is -0.303 e. The van der Waals surface area contributed by atoms with Crippen molar-refractivity contribution in [2.24, 2.45) is 0 Å². The van der Waals surface area contributed by atoms with Gasteiger partial charge in [-0.1, -0.05) is 0 Å². The number of rotatable bonds is 5. The second kappa shape index (κ2) is 4.01. The molecule has 1 fully saturated rings. The number of hydrogen-bond donors (Lipinski definition) is 1. The third-order valence-corrected chi connectivity index (χ3v) is 2.57. The molecule has 0 unspecified atom stereocenters. The molecule has 0 aromatic rings. The van der Waals surface area contributed by atoms with E-state index in [2.05, 4.69) is 5.32 Å². The zero-order valence-corrected chi connectivity index (χ0v) is 8.30. The van der Waals surface area contributed by atoms with Gasteiger partial charge in [0.2, 0.25) is 0 Å². The van der Waals surface area contributed by atoms with Crippen molar-refractivity contribution in [1.82, 2.24) is 5.32 Å². The fraction of sp³-hybridized carbons (Fsp3) is 0.800. The van der Waals surface area contributed by atoms with E-state index < -0.39 is 0 Å². The number of ketones is 1. The van der Waals surface area contributed by atoms with Crippen LogP contribution in [0.1, 0.15) is 39.5 Å². The Labute approximate surface area is 78.9 Å². The predicted molar refractivity (Wildman–Crippen MR) is 50.5 cm³/mol. The lowest BCUT2D eigenvalue weighted by atomic mass is 9.72. The Kier molecular flexibility index (Phi) is 3.20. The highest BCUT2D eigenvalue weighted by Crippen LogP contribution is 2.33. The molecule has 0 saturated heterocycles. The molecule has 74 valence electrons. The lowest BCUT2D eigenvalue weighted by Gasteiger charge is -2.42. The summed E-state index contributed by atoms with van der Waals surface area (Å²) in [6.45, 7) is 4.04. The first-order chi connectivity index (χ1) is 6.10. The zero-order valence-electron chi connectivity index (χ0n) is 8.30. The molecule has 0 amide bonds. The van der Waals surface area contributed by atoms with Gasteiger partial charge in [0.15, 0.2) is 5.78 Å². The van der Waals surface area contributed by atoms with Crippen LogP contribution in [0.3, 0.4) is 0 Å². The van der Waals surface area contributed by atoms with E-state index in [-0.39, 0.29) is 17.7 Å². The van der Waals surface area contributed by atoms with E-state index in [0.29, 0.717) is 12.3 Å². The molecule has 0 aromatic carbocycles. The molecule has 0 aromatic heterocycles. The quantitative estimate of drug-likeness (QED) is 0.512. The Morgan fingerprint density at radius 1 is 1.54 bits per heavy atom. The van der Waals surface area contributed by atoms with Gasteiger partial charge in [0, 0.05) is 6.04 Å². The average Bonchev–Trinajstić information content (AvgIpc) is 1.96. The van der Waals surface area contributed by atoms with Crippen LogP contribution in [0.2, 0.25) is 0 Å². The van der Waals surface area contributed by atoms with Gasteiger partial charge in [-0.15, -0.1) is 0 Å². The smallest absolute Gasteiger partial charge is 0.159 e. The highest BCUT2D eigenvalue weighted by Gasteiger charge is 2.43. The van der Waals surface area contributed by atoms with E-state index in [1.54, 1.807) is 0 Å². The van der Waals surface area contributed by atoms with Crippen molar-refractivity contribution < 1.29 is 9.59 Å². The van der Waals surface area contributed by atoms with Crippen LogP contribution >= 0.6 is 0 Å². The first-order valence-corrected chi connectivity index (χ1v) is 4.85. The van der Waals surface area contributed by atoms with Crippen molar-refractivity contribution in [2.45, 2.75) is 51.1 Å². The van der Waals surface area contributed by atoms with Crippen LogP contribution in [-0.4, -0.2) is 23.7 Å². The maximum atomic E-state index is 11.6. The molecule has 0 aliphatic heterocycles. The van der Waals surface area contributed by atoms with Crippen LogP contribution in [0.15, 0.2) is 0 Å². The van der Waals surface area contributed by atoms with Crippen LogP contribution in [0.5, 0.6) is 0 Å². The number of Topliss-reactive ketones (excluding diaryl/α,β-unsaturated/α-hetero) is 1. The summed E-state index contributed by atoms with van der Waals surface area (Å²) in [4.78, 5) is 21.8. The minimum absolute atomic E-state index is 0.0553. The maximum absolute atomic E-state index is 11.6. The van der Waals surface area contributed by atoms with Gasteiger partial charge in [0.05, 0.1) is 12.0 Å². The van der Waals surface area contributed by atoms with Gasteiger partial charge < -0.3 is 10.1 Å². The number of aldehydes is 1. The van der Waals surface area contributed by atoms with E-state index in [1.807, 2.05) is 13.8 Å². The van der Waals surface area contributed by atoms with Crippen molar-refractivity contribution in [3.8, 4) is 0 Å². The molecule has 1 aliphatic carbocycles. The van der Waals surface area contributed by atoms with Gasteiger partial charge in [-0.25, -0.2) is 0 Å². The summed E-state index contributed by atoms with van der Waals surface area (Å²) < 4.78 is 0. The Morgan fingerprint density at radius 2 is 2.15 bits per heavy atom. The van der Waals surface area contributed by atoms with Crippen molar-refractivity contribution >= 4 is 12.1 Å². The van der Waals surface area contributed by atoms with Crippen LogP contribution < -0.4 is 5.32 Å². The molecule has 1 aliphatic rings. The molecule has 0 radical (unpaired) electrons. The molecule has 0 atom stereocenters. The van der Waals surface area contributed by atoms with E-state index in [1.165, 1.54) is 0 Å². The molecule has 3 nitrogen and oxygen atoms in total. The van der Waals surface area contributed by atoms with E-state index >= 15 is 0 Å². The molecule has 0 bridgehead atoms. The zero-order chi connectivity index (χ0) is 9.90. The van der Waals surface area contributed by atoms with E-state index in [9.17, 15) is 9.59 Å². The van der Waals surface area contributed by atoms with Crippen LogP contribution in [0, 0.1) is 0 Å². The summed E-state index contributed by atoms with van der Waals surface area (Å²) >= 11 is 0. The van der Waals surface area contributed by atoms with Gasteiger partial charge >= 0.3 is 0 Å². The molecule has 0 heterocycles. The SMILES string of the molecule is CC(C)NC1(C(=O)CC=O)CCC1. The fourth-order valence-electron chi connectivity index (χ4n) is 1.86. The molecule has 3 heteroatoms. The monoisotopic (exact) mass is 183 g/mol. The van der Waals surface area contributed by atoms with Crippen molar-refractivity contribution in [2.75, 3.05) is 0 Å². The first kappa shape index (κ1) is 10.4. The van der Waals surface area contributed by atoms with Gasteiger partial charge in [-0.2, -0.15) is 0 Å². The van der Waals surface area contributed by atoms with Crippen LogP contribution in [0.25, 0.3) is 0 Å². The molecule has 1 N–H and O–H groups in total. The molecule has 1 rings (SSSR count). The lowest BCUT2D eigenvalue weighted by molar-refractivity contribution is -0.131. The summed E-state index contributed by atoms with van der Waals surface area (Å²) in [5.41, 5.74) is -0.366. The van der Waals surface area contributed by atoms with Crippen molar-refractivity contribution in [1.29, 1.82) is 0 Å². The summed E-state index contributed by atoms with van der Waals surface area (Å²) in [6, 6.07) is 0.302. The number of hydrogen-bond acceptors (Lipinski definition) is 3. The average molecular weight is 183 g/mol. The first-order valence-electron chi connectivity index (χ1n) is 4.85. The molecular weight excluding hydrogens is 166 g/mol. The number of carbonyl (C=O) groups excluding carboxylic acids is 2. The molecule has 13 heavy (non-hydrogen) atoms. The van der Waals surface area contributed by atoms with Crippen molar-refractivity contribution in [3.05, 3.63) is 0 Å². The Morgan fingerprint density at radius 3 is 2.46 bits per heavy atom. The summed E-state index contributed by atoms with van der Waals surface area (Å²) in [5, 5.41) is 3.27. The Balaban J connectivity index is 2.58. The molecule has 1 saturated carbocycles. The van der Waals surface area contributed by atoms with E-state index in [0.717, 1.165) is 19.3 Å². The second-order valence-electron chi connectivity index (χ2n) is 4.03. The third-order valence-electron chi connectivity index (χ3n) is 2.57. The highest BCUT2D eigenvalue weighted by atomic mass is 16.1. The lowest BCUT2D eigenvalue weighted by Crippen LogP contribution is -2.59. The van der Waals surface area contributed by atoms with Gasteiger partial charge in [0.1, 0.15) is 6.29 Å². The topological polar surface area (TPSA) is 46.2 Å². The normalized spacial score (nSPS) is 19.6. The summed E-state index contributed by atoms with van der Waals surface area (Å²) in [6.07, 6.45) is 3.62. The Hall–Kier alpha value is -0.700. The predicted octanol–water partition coefficient (Wildman–Crippen LogP) is 1.07. The number of nitrogens with one attached hydrogen (secondary N) is 1. The van der Waals surface area contributed by atoms with Gasteiger partial charge in [0.25, 0.3) is 0 Å². The van der Waals surface area contributed by atoms with Crippen LogP contribution in [0.4, 0.5) is 0 Å². The standard InChI is InChI=1S/C10H17NO2/c1-8(2)11-10(5-3-6-10)9(13)4-7-12/h7-8,11H,3-6H2,1-2H3. The number of carbonyl (C=O) groups is 2. The van der Waals surface area contributed by atoms with E-state index in [4.69, 9.17) is 0 Å². The Bertz CT molecular complexity index is 207. The summed E-state index contributed by atoms with van der Waals surface area (Å²) in [7, 11) is 0. The summed E-state index contributed by atoms with van der Waals surface area (Å²) in [5.74, 6) is 0.0578. The van der Waals surface area contributed by atoms with Gasteiger partial charge in [-0.3, -0.25) is 4.79 Å². The fourth-order valence-corrected chi connectivity index (χ4v) is 1.86. The minimum atomic E-state index is -0.366.